The molecule has 0 spiro atoms. The summed E-state index contributed by atoms with van der Waals surface area (Å²) in [4.78, 5) is 14.0. The Kier molecular flexibility index (Phi) is 3.22. The van der Waals surface area contributed by atoms with Crippen molar-refractivity contribution in [2.75, 3.05) is 0 Å². The Bertz CT molecular complexity index is 283. The summed E-state index contributed by atoms with van der Waals surface area (Å²) in [6, 6.07) is 6.74. The lowest BCUT2D eigenvalue weighted by atomic mass is 10.1. The highest BCUT2D eigenvalue weighted by Crippen LogP contribution is 2.05. The van der Waals surface area contributed by atoms with Gasteiger partial charge in [-0.2, -0.15) is 0 Å². The Labute approximate surface area is 74.7 Å². The van der Waals surface area contributed by atoms with Gasteiger partial charge >= 0.3 is 0 Å². The van der Waals surface area contributed by atoms with Gasteiger partial charge in [-0.05, 0) is 11.1 Å². The first-order valence-electron chi connectivity index (χ1n) is 3.68. The Balaban J connectivity index is 2.54. The summed E-state index contributed by atoms with van der Waals surface area (Å²) in [5.74, 6) is 0. The summed E-state index contributed by atoms with van der Waals surface area (Å²) in [5.41, 5.74) is 1.47. The zero-order chi connectivity index (χ0) is 9.68. The fraction of sp³-hybridized carbons (Fsp3) is 0.250. The van der Waals surface area contributed by atoms with Gasteiger partial charge in [0.05, 0.1) is 6.61 Å². The molecule has 0 radical (unpaired) electrons. The fourth-order valence-electron chi connectivity index (χ4n) is 0.868. The molecule has 0 unspecified atom stereocenters. The molecule has 1 aromatic carbocycles. The van der Waals surface area contributed by atoms with E-state index in [0.29, 0.717) is 5.56 Å². The maximum Gasteiger partial charge on any atom is 0.294 e. The predicted octanol–water partition coefficient (Wildman–Crippen LogP) is 0.887. The molecular formula is C8H9NO4. The third-order valence-electron chi connectivity index (χ3n) is 1.54. The van der Waals surface area contributed by atoms with Crippen molar-refractivity contribution >= 4 is 0 Å². The van der Waals surface area contributed by atoms with Crippen LogP contribution in [0.1, 0.15) is 11.1 Å². The van der Waals surface area contributed by atoms with Crippen LogP contribution in [0.5, 0.6) is 0 Å². The van der Waals surface area contributed by atoms with Gasteiger partial charge in [0, 0.05) is 0 Å². The number of hydrogen-bond acceptors (Lipinski definition) is 4. The van der Waals surface area contributed by atoms with Gasteiger partial charge < -0.3 is 9.94 Å². The van der Waals surface area contributed by atoms with Gasteiger partial charge in [0.1, 0.15) is 6.61 Å². The van der Waals surface area contributed by atoms with Gasteiger partial charge in [-0.15, -0.1) is 10.1 Å². The van der Waals surface area contributed by atoms with Crippen molar-refractivity contribution in [2.45, 2.75) is 13.2 Å². The van der Waals surface area contributed by atoms with Crippen LogP contribution < -0.4 is 0 Å². The van der Waals surface area contributed by atoms with E-state index in [4.69, 9.17) is 5.11 Å². The van der Waals surface area contributed by atoms with Crippen LogP contribution in [-0.2, 0) is 18.1 Å². The molecule has 13 heavy (non-hydrogen) atoms. The molecule has 0 fully saturated rings. The summed E-state index contributed by atoms with van der Waals surface area (Å²) >= 11 is 0. The van der Waals surface area contributed by atoms with Crippen molar-refractivity contribution in [1.82, 2.24) is 0 Å². The van der Waals surface area contributed by atoms with Gasteiger partial charge in [-0.25, -0.2) is 0 Å². The van der Waals surface area contributed by atoms with Gasteiger partial charge in [0.25, 0.3) is 5.09 Å². The maximum absolute atomic E-state index is 9.84. The van der Waals surface area contributed by atoms with Gasteiger partial charge in [-0.1, -0.05) is 24.3 Å². The van der Waals surface area contributed by atoms with Crippen LogP contribution in [0.2, 0.25) is 0 Å². The van der Waals surface area contributed by atoms with Crippen molar-refractivity contribution in [2.24, 2.45) is 0 Å². The second-order valence-corrected chi connectivity index (χ2v) is 2.47. The van der Waals surface area contributed by atoms with E-state index in [-0.39, 0.29) is 13.2 Å². The van der Waals surface area contributed by atoms with Gasteiger partial charge in [0.15, 0.2) is 0 Å². The Hall–Kier alpha value is -1.62. The minimum Gasteiger partial charge on any atom is -0.392 e. The highest BCUT2D eigenvalue weighted by Gasteiger charge is 1.97. The first-order valence-corrected chi connectivity index (χ1v) is 3.68. The number of rotatable bonds is 4. The van der Waals surface area contributed by atoms with Crippen LogP contribution in [0, 0.1) is 10.1 Å². The fourth-order valence-corrected chi connectivity index (χ4v) is 0.868. The minimum absolute atomic E-state index is 0.0314. The van der Waals surface area contributed by atoms with Crippen LogP contribution in [0.4, 0.5) is 0 Å². The van der Waals surface area contributed by atoms with Crippen LogP contribution in [0.25, 0.3) is 0 Å². The molecule has 0 atom stereocenters. The summed E-state index contributed by atoms with van der Waals surface area (Å²) < 4.78 is 0. The molecule has 0 saturated carbocycles. The molecule has 70 valence electrons. The summed E-state index contributed by atoms with van der Waals surface area (Å²) in [7, 11) is 0. The summed E-state index contributed by atoms with van der Waals surface area (Å²) in [6.07, 6.45) is 0. The van der Waals surface area contributed by atoms with Crippen molar-refractivity contribution in [3.63, 3.8) is 0 Å². The molecule has 0 bridgehead atoms. The zero-order valence-electron chi connectivity index (χ0n) is 6.84. The first kappa shape index (κ1) is 9.47. The molecule has 5 heteroatoms. The van der Waals surface area contributed by atoms with Crippen LogP contribution in [0.3, 0.4) is 0 Å². The van der Waals surface area contributed by atoms with E-state index >= 15 is 0 Å². The SMILES string of the molecule is O=[N+]([O-])OCc1ccc(CO)cc1. The van der Waals surface area contributed by atoms with E-state index in [2.05, 4.69) is 4.84 Å². The third kappa shape index (κ3) is 3.08. The van der Waals surface area contributed by atoms with Crippen LogP contribution in [0.15, 0.2) is 24.3 Å². The molecule has 1 rings (SSSR count). The zero-order valence-corrected chi connectivity index (χ0v) is 6.84. The second-order valence-electron chi connectivity index (χ2n) is 2.47. The smallest absolute Gasteiger partial charge is 0.294 e. The topological polar surface area (TPSA) is 72.6 Å². The van der Waals surface area contributed by atoms with E-state index in [1.165, 1.54) is 0 Å². The van der Waals surface area contributed by atoms with Crippen molar-refractivity contribution in [3.05, 3.63) is 45.5 Å². The molecular weight excluding hydrogens is 174 g/mol. The van der Waals surface area contributed by atoms with Crippen molar-refractivity contribution in [1.29, 1.82) is 0 Å². The monoisotopic (exact) mass is 183 g/mol. The highest BCUT2D eigenvalue weighted by atomic mass is 16.9. The lowest BCUT2D eigenvalue weighted by Gasteiger charge is -2.00. The number of hydrogen-bond donors (Lipinski definition) is 1. The Morgan fingerprint density at radius 3 is 2.31 bits per heavy atom. The average Bonchev–Trinajstić information content (AvgIpc) is 2.15. The predicted molar refractivity (Wildman–Crippen MR) is 44.1 cm³/mol. The molecule has 0 aromatic heterocycles. The lowest BCUT2D eigenvalue weighted by molar-refractivity contribution is -0.763. The van der Waals surface area contributed by atoms with E-state index in [0.717, 1.165) is 5.56 Å². The van der Waals surface area contributed by atoms with Crippen molar-refractivity contribution < 1.29 is 15.0 Å². The largest absolute Gasteiger partial charge is 0.392 e. The van der Waals surface area contributed by atoms with Crippen LogP contribution in [-0.4, -0.2) is 10.2 Å². The van der Waals surface area contributed by atoms with Gasteiger partial charge in [0.2, 0.25) is 0 Å². The molecule has 0 saturated heterocycles. The number of benzene rings is 1. The maximum atomic E-state index is 9.84. The van der Waals surface area contributed by atoms with Gasteiger partial charge in [-0.3, -0.25) is 0 Å². The summed E-state index contributed by atoms with van der Waals surface area (Å²) in [6.45, 7) is -0.0882. The van der Waals surface area contributed by atoms with Crippen molar-refractivity contribution in [3.8, 4) is 0 Å². The van der Waals surface area contributed by atoms with Crippen LogP contribution >= 0.6 is 0 Å². The molecule has 1 aromatic rings. The molecule has 0 heterocycles. The Morgan fingerprint density at radius 2 is 1.85 bits per heavy atom. The average molecular weight is 183 g/mol. The molecule has 0 aliphatic carbocycles. The first-order chi connectivity index (χ1) is 6.22. The van der Waals surface area contributed by atoms with E-state index in [1.807, 2.05) is 0 Å². The molecule has 0 aliphatic rings. The highest BCUT2D eigenvalue weighted by molar-refractivity contribution is 5.21. The quantitative estimate of drug-likeness (QED) is 0.555. The molecule has 0 amide bonds. The van der Waals surface area contributed by atoms with E-state index in [9.17, 15) is 10.1 Å². The third-order valence-corrected chi connectivity index (χ3v) is 1.54. The van der Waals surface area contributed by atoms with E-state index in [1.54, 1.807) is 24.3 Å². The number of nitrogens with zero attached hydrogens (tertiary/aromatic N) is 1. The number of aliphatic hydroxyl groups is 1. The second kappa shape index (κ2) is 4.42. The normalized spacial score (nSPS) is 9.62. The number of aliphatic hydroxyl groups excluding tert-OH is 1. The van der Waals surface area contributed by atoms with E-state index < -0.39 is 5.09 Å². The molecule has 0 aliphatic heterocycles. The standard InChI is InChI=1S/C8H9NO4/c10-5-7-1-3-8(4-2-7)6-13-9(11)12/h1-4,10H,5-6H2. The minimum atomic E-state index is -0.833. The molecule has 5 nitrogen and oxygen atoms in total. The Morgan fingerprint density at radius 1 is 1.31 bits per heavy atom. The molecule has 1 N–H and O–H groups in total. The summed E-state index contributed by atoms with van der Waals surface area (Å²) in [5, 5.41) is 17.7. The lowest BCUT2D eigenvalue weighted by Crippen LogP contribution is -2.00.